The van der Waals surface area contributed by atoms with Gasteiger partial charge in [-0.2, -0.15) is 0 Å². The van der Waals surface area contributed by atoms with Gasteiger partial charge < -0.3 is 4.74 Å². The summed E-state index contributed by atoms with van der Waals surface area (Å²) < 4.78 is 4.86. The van der Waals surface area contributed by atoms with E-state index in [1.165, 1.54) is 12.7 Å². The van der Waals surface area contributed by atoms with Crippen molar-refractivity contribution in [3.63, 3.8) is 0 Å². The van der Waals surface area contributed by atoms with Crippen LogP contribution in [-0.2, 0) is 17.6 Å². The Morgan fingerprint density at radius 3 is 2.94 bits per heavy atom. The lowest BCUT2D eigenvalue weighted by molar-refractivity contribution is 0.0601. The van der Waals surface area contributed by atoms with E-state index in [1.807, 2.05) is 24.3 Å². The fourth-order valence-electron chi connectivity index (χ4n) is 2.52. The maximum atomic E-state index is 11.9. The fraction of sp³-hybridized carbons (Fsp3) is 0.200. The van der Waals surface area contributed by atoms with Gasteiger partial charge in [-0.15, -0.1) is 0 Å². The summed E-state index contributed by atoms with van der Waals surface area (Å²) in [5, 5.41) is 0. The highest BCUT2D eigenvalue weighted by molar-refractivity contribution is 5.98. The quantitative estimate of drug-likeness (QED) is 0.718. The molecule has 1 aromatic heterocycles. The minimum Gasteiger partial charge on any atom is -0.465 e. The van der Waals surface area contributed by atoms with Crippen molar-refractivity contribution in [3.8, 4) is 11.1 Å². The van der Waals surface area contributed by atoms with E-state index < -0.39 is 0 Å². The third-order valence-corrected chi connectivity index (χ3v) is 3.35. The minimum absolute atomic E-state index is 0.288. The summed E-state index contributed by atoms with van der Waals surface area (Å²) in [5.41, 5.74) is 4.92. The number of fused-ring (bicyclic) bond motifs is 3. The van der Waals surface area contributed by atoms with E-state index in [0.717, 1.165) is 29.7 Å². The van der Waals surface area contributed by atoms with Crippen molar-refractivity contribution < 1.29 is 9.53 Å². The van der Waals surface area contributed by atoms with Crippen LogP contribution in [0.1, 0.15) is 21.6 Å². The number of carbonyl (C=O) groups is 1. The Bertz CT molecular complexity index is 620. The van der Waals surface area contributed by atoms with Gasteiger partial charge >= 0.3 is 5.97 Å². The van der Waals surface area contributed by atoms with Crippen LogP contribution in [0.25, 0.3) is 11.1 Å². The molecule has 0 N–H and O–H groups in total. The number of hydrogen-bond acceptors (Lipinski definition) is 3. The van der Waals surface area contributed by atoms with Gasteiger partial charge in [0.1, 0.15) is 0 Å². The molecule has 3 heteroatoms. The molecule has 0 amide bonds. The molecular weight excluding hydrogens is 226 g/mol. The van der Waals surface area contributed by atoms with Crippen molar-refractivity contribution in [3.05, 3.63) is 53.3 Å². The summed E-state index contributed by atoms with van der Waals surface area (Å²) in [6.07, 6.45) is 3.64. The van der Waals surface area contributed by atoms with Crippen LogP contribution in [0.15, 0.2) is 36.5 Å². The second kappa shape index (κ2) is 4.26. The number of aromatic nitrogens is 1. The van der Waals surface area contributed by atoms with Gasteiger partial charge in [0.05, 0.1) is 12.7 Å². The van der Waals surface area contributed by atoms with E-state index in [2.05, 4.69) is 11.1 Å². The molecule has 0 atom stereocenters. The lowest BCUT2D eigenvalue weighted by Crippen LogP contribution is -2.11. The molecule has 1 aromatic carbocycles. The molecule has 0 radical (unpaired) electrons. The average molecular weight is 239 g/mol. The van der Waals surface area contributed by atoms with Crippen LogP contribution in [-0.4, -0.2) is 18.1 Å². The number of carbonyl (C=O) groups excluding carboxylic acids is 1. The first-order chi connectivity index (χ1) is 8.81. The largest absolute Gasteiger partial charge is 0.465 e. The number of ether oxygens (including phenoxy) is 1. The van der Waals surface area contributed by atoms with Gasteiger partial charge in [-0.25, -0.2) is 4.79 Å². The lowest BCUT2D eigenvalue weighted by Gasteiger charge is -2.20. The zero-order chi connectivity index (χ0) is 12.5. The molecule has 1 aliphatic carbocycles. The molecule has 0 saturated heterocycles. The van der Waals surface area contributed by atoms with E-state index >= 15 is 0 Å². The molecule has 0 unspecified atom stereocenters. The zero-order valence-electron chi connectivity index (χ0n) is 10.1. The van der Waals surface area contributed by atoms with E-state index in [4.69, 9.17) is 4.74 Å². The maximum absolute atomic E-state index is 11.9. The van der Waals surface area contributed by atoms with Crippen LogP contribution >= 0.6 is 0 Å². The average Bonchev–Trinajstić information content (AvgIpc) is 2.45. The number of nitrogens with zero attached hydrogens (tertiary/aromatic N) is 1. The molecule has 0 spiro atoms. The molecule has 90 valence electrons. The Kier molecular flexibility index (Phi) is 2.59. The number of esters is 1. The Hall–Kier alpha value is -2.16. The van der Waals surface area contributed by atoms with E-state index in [1.54, 1.807) is 6.20 Å². The first kappa shape index (κ1) is 11.0. The summed E-state index contributed by atoms with van der Waals surface area (Å²) in [5.74, 6) is -0.288. The summed E-state index contributed by atoms with van der Waals surface area (Å²) in [4.78, 5) is 16.2. The monoisotopic (exact) mass is 239 g/mol. The number of pyridine rings is 1. The first-order valence-corrected chi connectivity index (χ1v) is 5.95. The minimum atomic E-state index is -0.288. The van der Waals surface area contributed by atoms with Gasteiger partial charge in [0.2, 0.25) is 0 Å². The molecule has 0 fully saturated rings. The molecule has 0 saturated carbocycles. The molecule has 0 aliphatic heterocycles. The van der Waals surface area contributed by atoms with Crippen molar-refractivity contribution in [2.75, 3.05) is 7.11 Å². The Labute approximate surface area is 105 Å². The summed E-state index contributed by atoms with van der Waals surface area (Å²) in [6, 6.07) is 9.71. The molecule has 3 nitrogen and oxygen atoms in total. The van der Waals surface area contributed by atoms with Crippen molar-refractivity contribution in [2.24, 2.45) is 0 Å². The first-order valence-electron chi connectivity index (χ1n) is 5.95. The highest BCUT2D eigenvalue weighted by Crippen LogP contribution is 2.35. The summed E-state index contributed by atoms with van der Waals surface area (Å²) >= 11 is 0. The number of methoxy groups -OCH3 is 1. The third kappa shape index (κ3) is 1.59. The van der Waals surface area contributed by atoms with Crippen molar-refractivity contribution in [1.82, 2.24) is 4.98 Å². The highest BCUT2D eigenvalue weighted by atomic mass is 16.5. The standard InChI is InChI=1S/C15H13NO2/c1-18-15(17)12-5-2-4-10-7-8-13-11(14(10)12)6-3-9-16-13/h2-6,9H,7-8H2,1H3. The predicted octanol–water partition coefficient (Wildman–Crippen LogP) is 2.63. The SMILES string of the molecule is COC(=O)c1cccc2c1-c1cccnc1CC2. The van der Waals surface area contributed by atoms with Crippen LogP contribution in [0.4, 0.5) is 0 Å². The Morgan fingerprint density at radius 2 is 2.11 bits per heavy atom. The molecule has 18 heavy (non-hydrogen) atoms. The van der Waals surface area contributed by atoms with Crippen LogP contribution in [0.3, 0.4) is 0 Å². The molecule has 2 aromatic rings. The van der Waals surface area contributed by atoms with Gasteiger partial charge in [-0.1, -0.05) is 18.2 Å². The number of aryl methyl sites for hydroxylation is 2. The normalized spacial score (nSPS) is 12.5. The molecular formula is C15H13NO2. The van der Waals surface area contributed by atoms with Gasteiger partial charge in [0, 0.05) is 23.0 Å². The summed E-state index contributed by atoms with van der Waals surface area (Å²) in [7, 11) is 1.41. The van der Waals surface area contributed by atoms with Gasteiger partial charge in [-0.3, -0.25) is 4.98 Å². The topological polar surface area (TPSA) is 39.2 Å². The number of benzene rings is 1. The van der Waals surface area contributed by atoms with E-state index in [-0.39, 0.29) is 5.97 Å². The predicted molar refractivity (Wildman–Crippen MR) is 68.4 cm³/mol. The molecule has 0 bridgehead atoms. The third-order valence-electron chi connectivity index (χ3n) is 3.35. The Morgan fingerprint density at radius 1 is 1.22 bits per heavy atom. The van der Waals surface area contributed by atoms with Gasteiger partial charge in [-0.05, 0) is 30.5 Å². The van der Waals surface area contributed by atoms with Crippen LogP contribution in [0.2, 0.25) is 0 Å². The zero-order valence-corrected chi connectivity index (χ0v) is 10.1. The number of hydrogen-bond donors (Lipinski definition) is 0. The number of rotatable bonds is 1. The lowest BCUT2D eigenvalue weighted by atomic mass is 9.85. The van der Waals surface area contributed by atoms with Crippen LogP contribution < -0.4 is 0 Å². The van der Waals surface area contributed by atoms with Crippen LogP contribution in [0, 0.1) is 0 Å². The smallest absolute Gasteiger partial charge is 0.338 e. The highest BCUT2D eigenvalue weighted by Gasteiger charge is 2.22. The van der Waals surface area contributed by atoms with Crippen molar-refractivity contribution >= 4 is 5.97 Å². The molecule has 1 aliphatic rings. The van der Waals surface area contributed by atoms with E-state index in [9.17, 15) is 4.79 Å². The van der Waals surface area contributed by atoms with E-state index in [0.29, 0.717) is 5.56 Å². The molecule has 1 heterocycles. The summed E-state index contributed by atoms with van der Waals surface area (Å²) in [6.45, 7) is 0. The second-order valence-electron chi connectivity index (χ2n) is 4.33. The van der Waals surface area contributed by atoms with Crippen LogP contribution in [0.5, 0.6) is 0 Å². The van der Waals surface area contributed by atoms with Gasteiger partial charge in [0.25, 0.3) is 0 Å². The van der Waals surface area contributed by atoms with Gasteiger partial charge in [0.15, 0.2) is 0 Å². The molecule has 3 rings (SSSR count). The van der Waals surface area contributed by atoms with Crippen molar-refractivity contribution in [1.29, 1.82) is 0 Å². The van der Waals surface area contributed by atoms with Crippen molar-refractivity contribution in [2.45, 2.75) is 12.8 Å². The Balaban J connectivity index is 2.27. The maximum Gasteiger partial charge on any atom is 0.338 e. The fourth-order valence-corrected chi connectivity index (χ4v) is 2.52. The second-order valence-corrected chi connectivity index (χ2v) is 4.33.